The predicted octanol–water partition coefficient (Wildman–Crippen LogP) is 19.2. The van der Waals surface area contributed by atoms with Crippen LogP contribution in [-0.4, -0.2) is 67.5 Å². The van der Waals surface area contributed by atoms with Gasteiger partial charge in [0.15, 0.2) is 0 Å². The quantitative estimate of drug-likeness (QED) is 0.0478. The number of unbranched alkanes of at least 4 members (excludes halogenated alkanes) is 27. The van der Waals surface area contributed by atoms with Crippen LogP contribution in [0.4, 0.5) is 0 Å². The minimum Gasteiger partial charge on any atom is -0.465 e. The summed E-state index contributed by atoms with van der Waals surface area (Å²) in [5, 5.41) is 0. The number of benzene rings is 1. The molecule has 0 saturated carbocycles. The summed E-state index contributed by atoms with van der Waals surface area (Å²) in [6, 6.07) is 7.19. The van der Waals surface area contributed by atoms with Crippen molar-refractivity contribution in [3.63, 3.8) is 0 Å². The van der Waals surface area contributed by atoms with Gasteiger partial charge < -0.3 is 19.3 Å². The molecule has 0 N–H and O–H groups in total. The first kappa shape index (κ1) is 68.6. The Balaban J connectivity index is 2.74. The van der Waals surface area contributed by atoms with E-state index in [9.17, 15) is 14.4 Å². The second-order valence-corrected chi connectivity index (χ2v) is 22.9. The molecule has 1 rings (SSSR count). The van der Waals surface area contributed by atoms with Crippen LogP contribution >= 0.6 is 0 Å². The fourth-order valence-electron chi connectivity index (χ4n) is 10.7. The minimum absolute atomic E-state index is 0.0155. The van der Waals surface area contributed by atoms with Gasteiger partial charge >= 0.3 is 11.9 Å². The number of hydrogen-bond donors (Lipinski definition) is 0. The molecule has 2 unspecified atom stereocenters. The molecule has 2 atom stereocenters. The number of esters is 2. The monoisotopic (exact) mass is 1020 g/mol. The molecule has 0 heterocycles. The molecule has 1 amide bonds. The smallest absolute Gasteiger partial charge is 0.306 e. The predicted molar refractivity (Wildman–Crippen MR) is 314 cm³/mol. The summed E-state index contributed by atoms with van der Waals surface area (Å²) in [4.78, 5) is 44.6. The summed E-state index contributed by atoms with van der Waals surface area (Å²) in [6.07, 6.45) is 50.2. The first-order valence-electron chi connectivity index (χ1n) is 32.0. The molecule has 0 spiro atoms. The third-order valence-electron chi connectivity index (χ3n) is 15.4. The van der Waals surface area contributed by atoms with Gasteiger partial charge in [0.2, 0.25) is 5.91 Å². The van der Waals surface area contributed by atoms with Gasteiger partial charge in [-0.15, -0.1) is 0 Å². The van der Waals surface area contributed by atoms with Crippen molar-refractivity contribution < 1.29 is 23.9 Å². The fraction of sp³-hybridized carbons (Fsp3) is 0.864. The number of hydrogen-bond acceptors (Lipinski definition) is 6. The molecule has 1 aromatic rings. The number of ether oxygens (including phenoxy) is 2. The summed E-state index contributed by atoms with van der Waals surface area (Å²) < 4.78 is 11.8. The largest absolute Gasteiger partial charge is 0.465 e. The van der Waals surface area contributed by atoms with Gasteiger partial charge in [0.1, 0.15) is 6.61 Å². The Morgan fingerprint density at radius 2 is 0.767 bits per heavy atom. The normalized spacial score (nSPS) is 12.4. The number of amides is 1. The van der Waals surface area contributed by atoms with Crippen molar-refractivity contribution in [1.82, 2.24) is 9.80 Å². The lowest BCUT2D eigenvalue weighted by Crippen LogP contribution is -2.41. The van der Waals surface area contributed by atoms with Gasteiger partial charge in [0.25, 0.3) is 0 Å². The van der Waals surface area contributed by atoms with Crippen molar-refractivity contribution in [2.45, 2.75) is 330 Å². The van der Waals surface area contributed by atoms with Crippen LogP contribution in [-0.2, 0) is 43.3 Å². The van der Waals surface area contributed by atoms with E-state index in [1.54, 1.807) is 0 Å². The summed E-state index contributed by atoms with van der Waals surface area (Å²) in [7, 11) is 4.25. The highest BCUT2D eigenvalue weighted by atomic mass is 16.5. The molecule has 0 fully saturated rings. The van der Waals surface area contributed by atoms with E-state index in [0.29, 0.717) is 44.3 Å². The average Bonchev–Trinajstić information content (AvgIpc) is 3.38. The van der Waals surface area contributed by atoms with Crippen LogP contribution in [0.1, 0.15) is 321 Å². The number of carbonyl (C=O) groups is 3. The highest BCUT2D eigenvalue weighted by Gasteiger charge is 2.23. The van der Waals surface area contributed by atoms with Gasteiger partial charge in [-0.1, -0.05) is 239 Å². The maximum Gasteiger partial charge on any atom is 0.306 e. The molecule has 0 aliphatic carbocycles. The van der Waals surface area contributed by atoms with Crippen LogP contribution < -0.4 is 0 Å². The zero-order valence-electron chi connectivity index (χ0n) is 49.8. The Morgan fingerprint density at radius 1 is 0.397 bits per heavy atom. The van der Waals surface area contributed by atoms with Crippen molar-refractivity contribution in [1.29, 1.82) is 0 Å². The zero-order valence-corrected chi connectivity index (χ0v) is 49.8. The molecule has 426 valence electrons. The van der Waals surface area contributed by atoms with E-state index < -0.39 is 0 Å². The van der Waals surface area contributed by atoms with E-state index in [4.69, 9.17) is 9.47 Å². The maximum absolute atomic E-state index is 14.2. The second kappa shape index (κ2) is 50.4. The van der Waals surface area contributed by atoms with E-state index in [-0.39, 0.29) is 18.0 Å². The third kappa shape index (κ3) is 41.4. The number of carbonyl (C=O) groups excluding carboxylic acids is 3. The summed E-state index contributed by atoms with van der Waals surface area (Å²) in [6.45, 7) is 14.1. The molecular weight excluding hydrogens is 901 g/mol. The Labute approximate surface area is 454 Å². The zero-order chi connectivity index (χ0) is 53.3. The number of nitrogens with zero attached hydrogens (tertiary/aromatic N) is 2. The highest BCUT2D eigenvalue weighted by molar-refractivity contribution is 5.76. The van der Waals surface area contributed by atoms with E-state index in [2.05, 4.69) is 76.7 Å². The van der Waals surface area contributed by atoms with Crippen molar-refractivity contribution in [3.05, 3.63) is 34.9 Å². The second-order valence-electron chi connectivity index (χ2n) is 22.9. The standard InChI is InChI=1S/C66H122N2O5/c1-8-13-18-23-25-26-28-37-47-63(48-38-29-31-40-50-65(70)72-57-59(43-33-20-15-10-3)44-36-27-24-19-14-9-2)68(53-42-52-67(6)7)64(69)49-39-30-32-41-51-66(71)73-58-62-55-60(45-34-21-16-11-4)54-61(56-62)46-35-22-17-12-5/h54-56,59,63H,8-53,57-58H2,1-7H3. The van der Waals surface area contributed by atoms with Crippen molar-refractivity contribution >= 4 is 17.8 Å². The molecule has 0 radical (unpaired) electrons. The topological polar surface area (TPSA) is 76.2 Å². The van der Waals surface area contributed by atoms with Crippen LogP contribution in [0.25, 0.3) is 0 Å². The van der Waals surface area contributed by atoms with Crippen molar-refractivity contribution in [2.24, 2.45) is 5.92 Å². The Hall–Kier alpha value is -2.41. The van der Waals surface area contributed by atoms with Crippen LogP contribution in [0.2, 0.25) is 0 Å². The molecular formula is C66H122N2O5. The highest BCUT2D eigenvalue weighted by Crippen LogP contribution is 2.24. The van der Waals surface area contributed by atoms with Gasteiger partial charge in [-0.05, 0) is 120 Å². The van der Waals surface area contributed by atoms with Crippen LogP contribution in [0, 0.1) is 5.92 Å². The lowest BCUT2D eigenvalue weighted by molar-refractivity contribution is -0.146. The molecule has 73 heavy (non-hydrogen) atoms. The summed E-state index contributed by atoms with van der Waals surface area (Å²) >= 11 is 0. The average molecular weight is 1020 g/mol. The Bertz CT molecular complexity index is 1380. The van der Waals surface area contributed by atoms with Gasteiger partial charge in [-0.2, -0.15) is 0 Å². The van der Waals surface area contributed by atoms with Crippen molar-refractivity contribution in [3.8, 4) is 0 Å². The molecule has 0 saturated heterocycles. The van der Waals surface area contributed by atoms with E-state index in [0.717, 1.165) is 102 Å². The van der Waals surface area contributed by atoms with Gasteiger partial charge in [-0.25, -0.2) is 0 Å². The first-order valence-corrected chi connectivity index (χ1v) is 32.0. The minimum atomic E-state index is -0.111. The first-order chi connectivity index (χ1) is 35.7. The van der Waals surface area contributed by atoms with E-state index in [1.165, 1.54) is 191 Å². The molecule has 1 aromatic carbocycles. The van der Waals surface area contributed by atoms with Crippen LogP contribution in [0.3, 0.4) is 0 Å². The van der Waals surface area contributed by atoms with Crippen molar-refractivity contribution in [2.75, 3.05) is 33.8 Å². The van der Waals surface area contributed by atoms with E-state index in [1.807, 2.05) is 0 Å². The molecule has 0 aliphatic rings. The summed E-state index contributed by atoms with van der Waals surface area (Å²) in [5.74, 6) is 0.688. The Morgan fingerprint density at radius 3 is 1.23 bits per heavy atom. The maximum atomic E-state index is 14.2. The van der Waals surface area contributed by atoms with Crippen LogP contribution in [0.15, 0.2) is 18.2 Å². The van der Waals surface area contributed by atoms with Gasteiger partial charge in [0.05, 0.1) is 6.61 Å². The molecule has 7 nitrogen and oxygen atoms in total. The lowest BCUT2D eigenvalue weighted by atomic mass is 9.95. The fourth-order valence-corrected chi connectivity index (χ4v) is 10.7. The lowest BCUT2D eigenvalue weighted by Gasteiger charge is -2.33. The van der Waals surface area contributed by atoms with Crippen LogP contribution in [0.5, 0.6) is 0 Å². The van der Waals surface area contributed by atoms with E-state index >= 15 is 0 Å². The number of aryl methyl sites for hydroxylation is 2. The molecule has 7 heteroatoms. The molecule has 0 bridgehead atoms. The summed E-state index contributed by atoms with van der Waals surface area (Å²) in [5.41, 5.74) is 3.90. The SMILES string of the molecule is CCCCCCCCCCC(CCCCCCC(=O)OCC(CCCCCC)CCCCCCCC)N(CCCN(C)C)C(=O)CCCCCCC(=O)OCc1cc(CCCCCC)cc(CCCCCC)c1. The third-order valence-corrected chi connectivity index (χ3v) is 15.4. The Kier molecular flexibility index (Phi) is 47.4. The molecule has 0 aliphatic heterocycles. The van der Waals surface area contributed by atoms with Gasteiger partial charge in [-0.3, -0.25) is 14.4 Å². The van der Waals surface area contributed by atoms with Gasteiger partial charge in [0, 0.05) is 31.8 Å². The molecule has 0 aromatic heterocycles. The number of rotatable bonds is 54.